The maximum absolute atomic E-state index is 12.9. The summed E-state index contributed by atoms with van der Waals surface area (Å²) in [5, 5.41) is 10.1. The van der Waals surface area contributed by atoms with Gasteiger partial charge in [-0.25, -0.2) is 22.9 Å². The van der Waals surface area contributed by atoms with Crippen LogP contribution in [0.3, 0.4) is 0 Å². The second kappa shape index (κ2) is 15.0. The Morgan fingerprint density at radius 2 is 1.63 bits per heavy atom. The normalized spacial score (nSPS) is 17.4. The number of alkyl halides is 3. The van der Waals surface area contributed by atoms with Crippen LogP contribution in [0.4, 0.5) is 29.7 Å². The summed E-state index contributed by atoms with van der Waals surface area (Å²) in [4.78, 5) is 20.7. The monoisotopic (exact) mass is 730 g/mol. The molecule has 16 heteroatoms. The van der Waals surface area contributed by atoms with Gasteiger partial charge in [0.1, 0.15) is 16.3 Å². The van der Waals surface area contributed by atoms with Crippen molar-refractivity contribution in [3.05, 3.63) is 46.9 Å². The molecule has 1 amide bonds. The molecule has 0 bridgehead atoms. The molecular weight excluding hydrogens is 693 g/mol. The molecule has 0 spiro atoms. The Kier molecular flexibility index (Phi) is 11.6. The molecule has 1 aliphatic carbocycles. The van der Waals surface area contributed by atoms with E-state index in [2.05, 4.69) is 51.3 Å². The zero-order chi connectivity index (χ0) is 33.5. The molecule has 11 nitrogen and oxygen atoms in total. The number of para-hydroxylation sites is 1. The minimum absolute atomic E-state index is 0.0375. The van der Waals surface area contributed by atoms with Crippen LogP contribution in [0.1, 0.15) is 46.5 Å². The van der Waals surface area contributed by atoms with Crippen molar-refractivity contribution in [3.63, 3.8) is 0 Å². The number of amides is 1. The summed E-state index contributed by atoms with van der Waals surface area (Å²) >= 11 is 3.05. The summed E-state index contributed by atoms with van der Waals surface area (Å²) in [7, 11) is -4.24. The number of nitrogens with one attached hydrogen (secondary N) is 4. The molecule has 1 saturated carbocycles. The van der Waals surface area contributed by atoms with Crippen molar-refractivity contribution in [1.29, 1.82) is 0 Å². The molecule has 1 fully saturated rings. The first-order chi connectivity index (χ1) is 21.6. The van der Waals surface area contributed by atoms with Gasteiger partial charge in [0.2, 0.25) is 16.0 Å². The number of alkyl carbamates (subject to hydrolysis) is 1. The van der Waals surface area contributed by atoms with Crippen molar-refractivity contribution in [2.24, 2.45) is 11.8 Å². The summed E-state index contributed by atoms with van der Waals surface area (Å²) in [5.74, 6) is 0.634. The van der Waals surface area contributed by atoms with Crippen LogP contribution in [0.25, 0.3) is 10.9 Å². The number of ether oxygens (including phenoxy) is 2. The number of benzene rings is 2. The van der Waals surface area contributed by atoms with Gasteiger partial charge in [-0.15, -0.1) is 13.2 Å². The van der Waals surface area contributed by atoms with Gasteiger partial charge in [0.05, 0.1) is 5.52 Å². The van der Waals surface area contributed by atoms with Crippen molar-refractivity contribution >= 4 is 54.7 Å². The third-order valence-electron chi connectivity index (χ3n) is 7.19. The SMILES string of the molecule is CC(C)(C)OC(=O)NCCNc1nc(NCC2CCC(CNS(=O)(=O)c3ccc(Br)cc3OC(F)(F)F)CC2)nc2ccccc12. The Balaban J connectivity index is 1.27. The topological polar surface area (TPSA) is 144 Å². The number of nitrogens with zero attached hydrogens (tertiary/aromatic N) is 2. The van der Waals surface area contributed by atoms with Gasteiger partial charge in [0.15, 0.2) is 5.75 Å². The fourth-order valence-electron chi connectivity index (χ4n) is 5.04. The van der Waals surface area contributed by atoms with Gasteiger partial charge in [-0.2, -0.15) is 4.98 Å². The van der Waals surface area contributed by atoms with E-state index in [-0.39, 0.29) is 16.9 Å². The minimum atomic E-state index is -5.03. The first-order valence-corrected chi connectivity index (χ1v) is 17.1. The zero-order valence-electron chi connectivity index (χ0n) is 25.7. The Bertz CT molecular complexity index is 1610. The summed E-state index contributed by atoms with van der Waals surface area (Å²) in [6.45, 7) is 6.88. The first-order valence-electron chi connectivity index (χ1n) is 14.8. The molecule has 4 rings (SSSR count). The van der Waals surface area contributed by atoms with Crippen LogP contribution in [-0.4, -0.2) is 62.6 Å². The fourth-order valence-corrected chi connectivity index (χ4v) is 6.60. The van der Waals surface area contributed by atoms with Crippen molar-refractivity contribution in [1.82, 2.24) is 20.0 Å². The molecule has 1 aromatic heterocycles. The average Bonchev–Trinajstić information content (AvgIpc) is 2.96. The highest BCUT2D eigenvalue weighted by Gasteiger charge is 2.34. The van der Waals surface area contributed by atoms with Gasteiger partial charge in [-0.05, 0) is 88.6 Å². The molecule has 46 heavy (non-hydrogen) atoms. The van der Waals surface area contributed by atoms with Gasteiger partial charge >= 0.3 is 12.5 Å². The lowest BCUT2D eigenvalue weighted by Gasteiger charge is -2.29. The maximum atomic E-state index is 12.9. The van der Waals surface area contributed by atoms with Gasteiger partial charge in [0.25, 0.3) is 0 Å². The van der Waals surface area contributed by atoms with E-state index in [0.29, 0.717) is 37.3 Å². The van der Waals surface area contributed by atoms with E-state index in [1.165, 1.54) is 6.07 Å². The highest BCUT2D eigenvalue weighted by molar-refractivity contribution is 9.10. The van der Waals surface area contributed by atoms with Crippen molar-refractivity contribution < 1.29 is 35.9 Å². The zero-order valence-corrected chi connectivity index (χ0v) is 28.1. The van der Waals surface area contributed by atoms with E-state index in [0.717, 1.165) is 48.7 Å². The summed E-state index contributed by atoms with van der Waals surface area (Å²) in [6, 6.07) is 11.0. The van der Waals surface area contributed by atoms with Crippen LogP contribution in [-0.2, 0) is 14.8 Å². The van der Waals surface area contributed by atoms with Crippen molar-refractivity contribution in [2.45, 2.75) is 63.3 Å². The van der Waals surface area contributed by atoms with E-state index in [4.69, 9.17) is 4.74 Å². The number of carbonyl (C=O) groups is 1. The number of carbonyl (C=O) groups excluding carboxylic acids is 1. The van der Waals surface area contributed by atoms with Crippen molar-refractivity contribution in [2.75, 3.05) is 36.8 Å². The molecule has 3 aromatic rings. The quantitative estimate of drug-likeness (QED) is 0.155. The number of fused-ring (bicyclic) bond motifs is 1. The first kappa shape index (κ1) is 35.5. The van der Waals surface area contributed by atoms with Crippen molar-refractivity contribution in [3.8, 4) is 5.75 Å². The summed E-state index contributed by atoms with van der Waals surface area (Å²) in [6.07, 6.45) is -2.38. The fraction of sp³-hybridized carbons (Fsp3) is 0.500. The van der Waals surface area contributed by atoms with Crippen LogP contribution in [0.5, 0.6) is 5.75 Å². The van der Waals surface area contributed by atoms with E-state index < -0.39 is 38.7 Å². The minimum Gasteiger partial charge on any atom is -0.444 e. The molecule has 0 saturated heterocycles. The lowest BCUT2D eigenvalue weighted by molar-refractivity contribution is -0.275. The smallest absolute Gasteiger partial charge is 0.444 e. The maximum Gasteiger partial charge on any atom is 0.573 e. The van der Waals surface area contributed by atoms with Crippen LogP contribution in [0.15, 0.2) is 51.8 Å². The second-order valence-electron chi connectivity index (χ2n) is 12.0. The lowest BCUT2D eigenvalue weighted by atomic mass is 9.82. The Morgan fingerprint density at radius 1 is 0.957 bits per heavy atom. The van der Waals surface area contributed by atoms with E-state index in [1.807, 2.05) is 24.3 Å². The number of rotatable bonds is 12. The Morgan fingerprint density at radius 3 is 2.30 bits per heavy atom. The standard InChI is InChI=1S/C30H38BrF3N6O5S/c1-29(2,3)45-28(41)36-15-14-35-26-22-6-4-5-7-23(22)39-27(40-26)37-17-19-8-10-20(11-9-19)18-38-46(42,43)25-13-12-21(31)16-24(25)44-30(32,33)34/h4-7,12-13,16,19-20,38H,8-11,14-15,17-18H2,1-3H3,(H,36,41)(H2,35,37,39,40). The summed E-state index contributed by atoms with van der Waals surface area (Å²) < 4.78 is 76.3. The van der Waals surface area contributed by atoms with Crippen LogP contribution in [0.2, 0.25) is 0 Å². The van der Waals surface area contributed by atoms with Gasteiger partial charge in [-0.1, -0.05) is 28.1 Å². The van der Waals surface area contributed by atoms with Gasteiger partial charge < -0.3 is 25.4 Å². The number of halogens is 4. The van der Waals surface area contributed by atoms with Crippen LogP contribution < -0.4 is 25.4 Å². The van der Waals surface area contributed by atoms with Gasteiger partial charge in [-0.3, -0.25) is 0 Å². The van der Waals surface area contributed by atoms with Crippen LogP contribution >= 0.6 is 15.9 Å². The molecule has 0 aliphatic heterocycles. The Labute approximate surface area is 274 Å². The van der Waals surface area contributed by atoms with E-state index in [1.54, 1.807) is 20.8 Å². The third-order valence-corrected chi connectivity index (χ3v) is 9.14. The summed E-state index contributed by atoms with van der Waals surface area (Å²) in [5.41, 5.74) is 0.175. The Hall–Kier alpha value is -3.37. The second-order valence-corrected chi connectivity index (χ2v) is 14.7. The predicted octanol–water partition coefficient (Wildman–Crippen LogP) is 6.42. The van der Waals surface area contributed by atoms with Crippen LogP contribution in [0, 0.1) is 11.8 Å². The predicted molar refractivity (Wildman–Crippen MR) is 172 cm³/mol. The highest BCUT2D eigenvalue weighted by atomic mass is 79.9. The van der Waals surface area contributed by atoms with E-state index in [9.17, 15) is 26.4 Å². The molecule has 4 N–H and O–H groups in total. The third kappa shape index (κ3) is 10.9. The number of hydrogen-bond donors (Lipinski definition) is 4. The molecule has 0 unspecified atom stereocenters. The molecule has 252 valence electrons. The number of anilines is 2. The molecular formula is C30H38BrF3N6O5S. The molecule has 2 aromatic carbocycles. The number of hydrogen-bond acceptors (Lipinski definition) is 9. The highest BCUT2D eigenvalue weighted by Crippen LogP contribution is 2.33. The lowest BCUT2D eigenvalue weighted by Crippen LogP contribution is -2.35. The molecule has 0 radical (unpaired) electrons. The van der Waals surface area contributed by atoms with Gasteiger partial charge in [0, 0.05) is 36.0 Å². The number of aromatic nitrogens is 2. The molecule has 1 heterocycles. The number of sulfonamides is 1. The molecule has 1 aliphatic rings. The average molecular weight is 732 g/mol. The molecule has 0 atom stereocenters. The largest absolute Gasteiger partial charge is 0.573 e. The van der Waals surface area contributed by atoms with E-state index >= 15 is 0 Å².